The highest BCUT2D eigenvalue weighted by atomic mass is 32.1. The predicted octanol–water partition coefficient (Wildman–Crippen LogP) is 2.24. The van der Waals surface area contributed by atoms with E-state index in [0.29, 0.717) is 0 Å². The molecule has 3 rings (SSSR count). The molecular formula is C17H12N8O6S2. The minimum Gasteiger partial charge on any atom is -0.298 e. The lowest BCUT2D eigenvalue weighted by atomic mass is 10.2. The van der Waals surface area contributed by atoms with Gasteiger partial charge in [-0.3, -0.25) is 51.3 Å². The molecule has 33 heavy (non-hydrogen) atoms. The molecule has 1 heterocycles. The number of nitro groups is 2. The van der Waals surface area contributed by atoms with Crippen LogP contribution in [0.4, 0.5) is 21.6 Å². The van der Waals surface area contributed by atoms with Crippen LogP contribution in [0.5, 0.6) is 0 Å². The number of amides is 2. The lowest BCUT2D eigenvalue weighted by Gasteiger charge is -2.09. The minimum atomic E-state index is -0.667. The molecule has 14 nitrogen and oxygen atoms in total. The zero-order valence-corrected chi connectivity index (χ0v) is 17.8. The number of nitro benzene ring substituents is 2. The molecule has 0 saturated carbocycles. The molecule has 2 amide bonds. The summed E-state index contributed by atoms with van der Waals surface area (Å²) in [6.45, 7) is 0. The largest absolute Gasteiger partial charge is 0.298 e. The molecule has 0 spiro atoms. The van der Waals surface area contributed by atoms with Gasteiger partial charge in [-0.15, -0.1) is 10.2 Å². The second kappa shape index (κ2) is 10.2. The Balaban J connectivity index is 1.53. The van der Waals surface area contributed by atoms with Crippen molar-refractivity contribution in [3.63, 3.8) is 0 Å². The fourth-order valence-corrected chi connectivity index (χ4v) is 3.07. The van der Waals surface area contributed by atoms with Gasteiger partial charge in [-0.2, -0.15) is 0 Å². The number of hydrogen-bond acceptors (Lipinski definition) is 11. The predicted molar refractivity (Wildman–Crippen MR) is 121 cm³/mol. The number of nitrogens with zero attached hydrogens (tertiary/aromatic N) is 4. The average Bonchev–Trinajstić information content (AvgIpc) is 3.25. The molecule has 2 aromatic carbocycles. The number of benzene rings is 2. The lowest BCUT2D eigenvalue weighted by Crippen LogP contribution is -2.41. The van der Waals surface area contributed by atoms with Gasteiger partial charge in [0.1, 0.15) is 0 Å². The molecule has 0 atom stereocenters. The van der Waals surface area contributed by atoms with Crippen LogP contribution < -0.4 is 21.5 Å². The Morgan fingerprint density at radius 2 is 1.42 bits per heavy atom. The first kappa shape index (κ1) is 23.1. The number of nitrogens with one attached hydrogen (secondary N) is 4. The molecule has 0 aliphatic rings. The zero-order valence-electron chi connectivity index (χ0n) is 16.2. The number of hydrazine groups is 1. The lowest BCUT2D eigenvalue weighted by molar-refractivity contribution is -0.385. The van der Waals surface area contributed by atoms with Crippen LogP contribution in [0.15, 0.2) is 48.5 Å². The van der Waals surface area contributed by atoms with E-state index in [2.05, 4.69) is 31.7 Å². The van der Waals surface area contributed by atoms with E-state index in [-0.39, 0.29) is 37.9 Å². The Morgan fingerprint density at radius 1 is 0.879 bits per heavy atom. The van der Waals surface area contributed by atoms with Crippen LogP contribution >= 0.6 is 23.6 Å². The monoisotopic (exact) mass is 488 g/mol. The third kappa shape index (κ3) is 6.21. The minimum absolute atomic E-state index is 0.0374. The number of thiocarbonyl (C=S) groups is 1. The summed E-state index contributed by atoms with van der Waals surface area (Å²) >= 11 is 5.90. The maximum absolute atomic E-state index is 12.2. The number of hydrogen-bond donors (Lipinski definition) is 4. The van der Waals surface area contributed by atoms with Gasteiger partial charge in [-0.05, 0) is 24.4 Å². The number of carbonyl (C=O) groups excluding carboxylic acids is 2. The van der Waals surface area contributed by atoms with Gasteiger partial charge in [0, 0.05) is 35.4 Å². The third-order valence-electron chi connectivity index (χ3n) is 3.79. The number of rotatable bonds is 7. The van der Waals surface area contributed by atoms with Gasteiger partial charge in [-0.1, -0.05) is 23.5 Å². The van der Waals surface area contributed by atoms with Crippen LogP contribution in [-0.4, -0.2) is 37.0 Å². The zero-order chi connectivity index (χ0) is 24.0. The van der Waals surface area contributed by atoms with Gasteiger partial charge in [0.2, 0.25) is 10.3 Å². The molecule has 0 saturated heterocycles. The number of aromatic nitrogens is 2. The molecule has 0 bridgehead atoms. The molecule has 1 aromatic heterocycles. The summed E-state index contributed by atoms with van der Waals surface area (Å²) in [5.41, 5.74) is 4.70. The molecule has 0 radical (unpaired) electrons. The van der Waals surface area contributed by atoms with E-state index < -0.39 is 21.7 Å². The maximum Gasteiger partial charge on any atom is 0.270 e. The van der Waals surface area contributed by atoms with E-state index in [1.54, 1.807) is 0 Å². The summed E-state index contributed by atoms with van der Waals surface area (Å²) in [6, 6.07) is 10.3. The highest BCUT2D eigenvalue weighted by molar-refractivity contribution is 7.80. The number of carbonyl (C=O) groups is 2. The molecule has 16 heteroatoms. The van der Waals surface area contributed by atoms with Gasteiger partial charge in [-0.25, -0.2) is 0 Å². The summed E-state index contributed by atoms with van der Waals surface area (Å²) in [6.07, 6.45) is 0. The second-order valence-electron chi connectivity index (χ2n) is 6.01. The Hall–Kier alpha value is -4.57. The van der Waals surface area contributed by atoms with Crippen molar-refractivity contribution in [1.82, 2.24) is 20.9 Å². The van der Waals surface area contributed by atoms with Crippen molar-refractivity contribution in [2.75, 3.05) is 10.7 Å². The highest BCUT2D eigenvalue weighted by Gasteiger charge is 2.15. The van der Waals surface area contributed by atoms with E-state index in [4.69, 9.17) is 12.2 Å². The fourth-order valence-electron chi connectivity index (χ4n) is 2.33. The van der Waals surface area contributed by atoms with Gasteiger partial charge in [0.05, 0.1) is 9.85 Å². The summed E-state index contributed by atoms with van der Waals surface area (Å²) in [5.74, 6) is -1.28. The molecule has 0 aliphatic heterocycles. The van der Waals surface area contributed by atoms with Crippen molar-refractivity contribution in [3.8, 4) is 0 Å². The summed E-state index contributed by atoms with van der Waals surface area (Å²) < 4.78 is 0. The first-order valence-electron chi connectivity index (χ1n) is 8.74. The number of anilines is 2. The fraction of sp³-hybridized carbons (Fsp3) is 0. The van der Waals surface area contributed by atoms with E-state index in [1.807, 2.05) is 0 Å². The van der Waals surface area contributed by atoms with Crippen LogP contribution in [-0.2, 0) is 0 Å². The van der Waals surface area contributed by atoms with E-state index in [9.17, 15) is 29.8 Å². The highest BCUT2D eigenvalue weighted by Crippen LogP contribution is 2.21. The van der Waals surface area contributed by atoms with Crippen molar-refractivity contribution in [1.29, 1.82) is 0 Å². The maximum atomic E-state index is 12.2. The van der Waals surface area contributed by atoms with Crippen LogP contribution in [0.2, 0.25) is 0 Å². The summed E-state index contributed by atoms with van der Waals surface area (Å²) in [7, 11) is 0. The van der Waals surface area contributed by atoms with E-state index in [1.165, 1.54) is 36.4 Å². The first-order valence-corrected chi connectivity index (χ1v) is 9.96. The SMILES string of the molecule is O=C(NC(=S)NNc1nnc(NC(=O)c2cccc([N+](=O)[O-])c2)s1)c1cccc([N+](=O)[O-])c1. The summed E-state index contributed by atoms with van der Waals surface area (Å²) in [5, 5.41) is 34.1. The Bertz CT molecular complexity index is 1260. The van der Waals surface area contributed by atoms with Crippen LogP contribution in [0, 0.1) is 20.2 Å². The molecule has 168 valence electrons. The topological polar surface area (TPSA) is 194 Å². The van der Waals surface area contributed by atoms with Crippen molar-refractivity contribution in [3.05, 3.63) is 79.9 Å². The Labute approximate surface area is 193 Å². The van der Waals surface area contributed by atoms with Crippen molar-refractivity contribution < 1.29 is 19.4 Å². The molecular weight excluding hydrogens is 476 g/mol. The molecule has 3 aromatic rings. The Kier molecular flexibility index (Phi) is 7.11. The van der Waals surface area contributed by atoms with Gasteiger partial charge in [0.15, 0.2) is 5.11 Å². The molecule has 0 aliphatic carbocycles. The van der Waals surface area contributed by atoms with Gasteiger partial charge in [0.25, 0.3) is 23.2 Å². The standard InChI is InChI=1S/C17H12N8O6S2/c26-13(9-3-1-5-11(7-9)24(28)29)18-15(32)20-22-17-23-21-16(33-17)19-14(27)10-4-2-6-12(8-10)25(30)31/h1-8H,(H,22,23)(H,19,21,27)(H2,18,20,26,32). The van der Waals surface area contributed by atoms with Crippen LogP contribution in [0.25, 0.3) is 0 Å². The normalized spacial score (nSPS) is 10.1. The van der Waals surface area contributed by atoms with Crippen molar-refractivity contribution >= 4 is 62.1 Å². The number of non-ortho nitro benzene ring substituents is 2. The van der Waals surface area contributed by atoms with E-state index in [0.717, 1.165) is 23.5 Å². The van der Waals surface area contributed by atoms with Crippen molar-refractivity contribution in [2.45, 2.75) is 0 Å². The Morgan fingerprint density at radius 3 is 2.00 bits per heavy atom. The van der Waals surface area contributed by atoms with Crippen LogP contribution in [0.1, 0.15) is 20.7 Å². The molecule has 4 N–H and O–H groups in total. The summed E-state index contributed by atoms with van der Waals surface area (Å²) in [4.78, 5) is 44.8. The first-order chi connectivity index (χ1) is 15.7. The third-order valence-corrected chi connectivity index (χ3v) is 4.75. The van der Waals surface area contributed by atoms with Gasteiger partial charge >= 0.3 is 0 Å². The molecule has 0 unspecified atom stereocenters. The second-order valence-corrected chi connectivity index (χ2v) is 7.40. The smallest absolute Gasteiger partial charge is 0.270 e. The van der Waals surface area contributed by atoms with Crippen LogP contribution in [0.3, 0.4) is 0 Å². The van der Waals surface area contributed by atoms with Gasteiger partial charge < -0.3 is 0 Å². The quantitative estimate of drug-likeness (QED) is 0.216. The average molecular weight is 488 g/mol. The van der Waals surface area contributed by atoms with Crippen molar-refractivity contribution in [2.24, 2.45) is 0 Å². The molecule has 0 fully saturated rings. The van der Waals surface area contributed by atoms with E-state index >= 15 is 0 Å².